The fraction of sp³-hybridized carbons (Fsp3) is 0.571. The summed E-state index contributed by atoms with van der Waals surface area (Å²) in [5.74, 6) is -0.0427. The molecule has 0 aromatic carbocycles. The molecule has 0 saturated carbocycles. The summed E-state index contributed by atoms with van der Waals surface area (Å²) >= 11 is 0. The lowest BCUT2D eigenvalue weighted by Gasteiger charge is -2.43. The van der Waals surface area contributed by atoms with Crippen molar-refractivity contribution in [2.24, 2.45) is 7.05 Å². The Morgan fingerprint density at radius 2 is 2.00 bits per heavy atom. The zero-order valence-corrected chi connectivity index (χ0v) is 18.1. The lowest BCUT2D eigenvalue weighted by molar-refractivity contribution is -0.122. The molecule has 168 valence electrons. The molecular formula is C21H30N6O4. The van der Waals surface area contributed by atoms with Crippen molar-refractivity contribution in [3.8, 4) is 0 Å². The van der Waals surface area contributed by atoms with E-state index < -0.39 is 0 Å². The molecule has 0 radical (unpaired) electrons. The Morgan fingerprint density at radius 3 is 2.65 bits per heavy atom. The van der Waals surface area contributed by atoms with E-state index in [-0.39, 0.29) is 24.5 Å². The Hall–Kier alpha value is -2.85. The molecule has 2 fully saturated rings. The fourth-order valence-electron chi connectivity index (χ4n) is 4.25. The van der Waals surface area contributed by atoms with Crippen LogP contribution in [-0.4, -0.2) is 85.9 Å². The maximum absolute atomic E-state index is 13.4. The smallest absolute Gasteiger partial charge is 0.290 e. The van der Waals surface area contributed by atoms with Crippen LogP contribution in [0, 0.1) is 6.92 Å². The molecule has 31 heavy (non-hydrogen) atoms. The number of amides is 1. The van der Waals surface area contributed by atoms with Crippen molar-refractivity contribution in [2.45, 2.75) is 38.3 Å². The molecule has 2 aliphatic heterocycles. The largest absolute Gasteiger partial charge is 0.483 e. The van der Waals surface area contributed by atoms with Crippen molar-refractivity contribution in [1.82, 2.24) is 29.5 Å². The maximum atomic E-state index is 13.4. The Balaban J connectivity index is 0.000000858. The van der Waals surface area contributed by atoms with Gasteiger partial charge in [-0.3, -0.25) is 14.3 Å². The summed E-state index contributed by atoms with van der Waals surface area (Å²) in [5.41, 5.74) is 2.26. The monoisotopic (exact) mass is 430 g/mol. The van der Waals surface area contributed by atoms with Crippen LogP contribution < -0.4 is 0 Å². The maximum Gasteiger partial charge on any atom is 0.290 e. The van der Waals surface area contributed by atoms with Gasteiger partial charge in [-0.15, -0.1) is 0 Å². The lowest BCUT2D eigenvalue weighted by atomic mass is 9.98. The number of aryl methyl sites for hydroxylation is 2. The first-order valence-corrected chi connectivity index (χ1v) is 10.5. The van der Waals surface area contributed by atoms with E-state index >= 15 is 0 Å². The summed E-state index contributed by atoms with van der Waals surface area (Å²) in [6.45, 7) is 5.70. The average molecular weight is 431 g/mol. The van der Waals surface area contributed by atoms with Gasteiger partial charge >= 0.3 is 0 Å². The van der Waals surface area contributed by atoms with Gasteiger partial charge in [-0.05, 0) is 32.9 Å². The molecule has 0 spiro atoms. The van der Waals surface area contributed by atoms with Crippen LogP contribution in [0.1, 0.15) is 46.9 Å². The summed E-state index contributed by atoms with van der Waals surface area (Å²) in [5, 5.41) is 11.2. The van der Waals surface area contributed by atoms with Gasteiger partial charge in [-0.1, -0.05) is 6.42 Å². The molecule has 2 saturated heterocycles. The minimum Gasteiger partial charge on any atom is -0.483 e. The van der Waals surface area contributed by atoms with E-state index in [1.807, 2.05) is 31.3 Å². The molecule has 4 rings (SSSR count). The highest BCUT2D eigenvalue weighted by Crippen LogP contribution is 2.32. The van der Waals surface area contributed by atoms with Gasteiger partial charge in [0, 0.05) is 38.1 Å². The normalized spacial score (nSPS) is 21.8. The highest BCUT2D eigenvalue weighted by Gasteiger charge is 2.39. The van der Waals surface area contributed by atoms with Crippen molar-refractivity contribution in [2.75, 3.05) is 32.8 Å². The van der Waals surface area contributed by atoms with Crippen LogP contribution >= 0.6 is 0 Å². The summed E-state index contributed by atoms with van der Waals surface area (Å²) in [6.07, 6.45) is 10.6. The van der Waals surface area contributed by atoms with Gasteiger partial charge in [0.15, 0.2) is 0 Å². The highest BCUT2D eigenvalue weighted by atomic mass is 16.5. The van der Waals surface area contributed by atoms with E-state index in [0.717, 1.165) is 25.2 Å². The van der Waals surface area contributed by atoms with Gasteiger partial charge in [0.1, 0.15) is 6.33 Å². The number of carbonyl (C=O) groups is 2. The lowest BCUT2D eigenvalue weighted by Crippen LogP contribution is -2.52. The van der Waals surface area contributed by atoms with Gasteiger partial charge in [0.05, 0.1) is 36.2 Å². The Bertz CT molecular complexity index is 867. The minimum absolute atomic E-state index is 0.0427. The van der Waals surface area contributed by atoms with E-state index in [4.69, 9.17) is 14.6 Å². The summed E-state index contributed by atoms with van der Waals surface area (Å²) < 4.78 is 7.98. The Labute approximate surface area is 181 Å². The van der Waals surface area contributed by atoms with Crippen LogP contribution in [0.4, 0.5) is 0 Å². The Morgan fingerprint density at radius 1 is 1.26 bits per heavy atom. The Kier molecular flexibility index (Phi) is 8.07. The summed E-state index contributed by atoms with van der Waals surface area (Å²) in [7, 11) is 1.90. The molecule has 1 N–H and O–H groups in total. The third kappa shape index (κ3) is 5.65. The molecule has 0 bridgehead atoms. The molecule has 1 amide bonds. The number of ether oxygens (including phenoxy) is 1. The second kappa shape index (κ2) is 11.0. The van der Waals surface area contributed by atoms with Crippen LogP contribution in [0.15, 0.2) is 24.9 Å². The van der Waals surface area contributed by atoms with Gasteiger partial charge in [0.2, 0.25) is 0 Å². The number of morpholine rings is 1. The number of aromatic nitrogens is 4. The zero-order valence-electron chi connectivity index (χ0n) is 18.1. The SMILES string of the molecule is Cc1ncncc1C(=O)N1CCO[C@@H](CN2CCCCC2)[C@@H]1c1cnn(C)c1.O=CO. The quantitative estimate of drug-likeness (QED) is 0.722. The third-order valence-corrected chi connectivity index (χ3v) is 5.71. The number of rotatable bonds is 4. The first kappa shape index (κ1) is 22.8. The second-order valence-electron chi connectivity index (χ2n) is 7.79. The third-order valence-electron chi connectivity index (χ3n) is 5.71. The molecule has 0 aliphatic carbocycles. The van der Waals surface area contributed by atoms with Gasteiger partial charge < -0.3 is 19.6 Å². The number of likely N-dealkylation sites (tertiary alicyclic amines) is 1. The molecule has 10 heteroatoms. The number of hydrogen-bond acceptors (Lipinski definition) is 7. The standard InChI is InChI=1S/C20H28N6O2.CH2O2/c1-15-17(11-21-14-22-15)20(27)26-8-9-28-18(13-25-6-4-3-5-7-25)19(26)16-10-23-24(2)12-16;2-1-3/h10-12,14,18-19H,3-9,13H2,1-2H3;1H,(H,2,3)/t18-,19-;/m0./s1. The molecule has 10 nitrogen and oxygen atoms in total. The highest BCUT2D eigenvalue weighted by molar-refractivity contribution is 5.95. The van der Waals surface area contributed by atoms with Crippen molar-refractivity contribution in [3.63, 3.8) is 0 Å². The van der Waals surface area contributed by atoms with Gasteiger partial charge in [0.25, 0.3) is 12.4 Å². The van der Waals surface area contributed by atoms with Crippen LogP contribution in [0.2, 0.25) is 0 Å². The molecule has 2 aromatic heterocycles. The number of hydrogen-bond donors (Lipinski definition) is 1. The second-order valence-corrected chi connectivity index (χ2v) is 7.79. The molecule has 2 atom stereocenters. The van der Waals surface area contributed by atoms with Crippen LogP contribution in [0.25, 0.3) is 0 Å². The molecule has 0 unspecified atom stereocenters. The van der Waals surface area contributed by atoms with Crippen molar-refractivity contribution in [1.29, 1.82) is 0 Å². The molecule has 2 aliphatic rings. The number of nitrogens with zero attached hydrogens (tertiary/aromatic N) is 6. The topological polar surface area (TPSA) is 114 Å². The number of carbonyl (C=O) groups excluding carboxylic acids is 1. The first-order chi connectivity index (χ1) is 15.0. The van der Waals surface area contributed by atoms with Crippen molar-refractivity contribution >= 4 is 12.4 Å². The van der Waals surface area contributed by atoms with E-state index in [1.54, 1.807) is 10.9 Å². The van der Waals surface area contributed by atoms with Crippen LogP contribution in [0.3, 0.4) is 0 Å². The molecular weight excluding hydrogens is 400 g/mol. The van der Waals surface area contributed by atoms with Crippen molar-refractivity contribution in [3.05, 3.63) is 41.7 Å². The number of carboxylic acid groups (broad SMARTS) is 1. The minimum atomic E-state index is -0.250. The van der Waals surface area contributed by atoms with Gasteiger partial charge in [-0.25, -0.2) is 9.97 Å². The van der Waals surface area contributed by atoms with E-state index in [1.165, 1.54) is 25.6 Å². The summed E-state index contributed by atoms with van der Waals surface area (Å²) in [6, 6.07) is -0.170. The summed E-state index contributed by atoms with van der Waals surface area (Å²) in [4.78, 5) is 34.4. The van der Waals surface area contributed by atoms with Crippen LogP contribution in [0.5, 0.6) is 0 Å². The zero-order chi connectivity index (χ0) is 22.2. The number of piperidine rings is 1. The predicted molar refractivity (Wildman–Crippen MR) is 112 cm³/mol. The van der Waals surface area contributed by atoms with E-state index in [0.29, 0.717) is 24.4 Å². The molecule has 2 aromatic rings. The fourth-order valence-corrected chi connectivity index (χ4v) is 4.25. The first-order valence-electron chi connectivity index (χ1n) is 10.5. The van der Waals surface area contributed by atoms with E-state index in [9.17, 15) is 4.79 Å². The average Bonchev–Trinajstić information content (AvgIpc) is 3.20. The van der Waals surface area contributed by atoms with Gasteiger partial charge in [-0.2, -0.15) is 5.10 Å². The predicted octanol–water partition coefficient (Wildman–Crippen LogP) is 1.29. The van der Waals surface area contributed by atoms with Crippen molar-refractivity contribution < 1.29 is 19.4 Å². The van der Waals surface area contributed by atoms with Crippen LogP contribution in [-0.2, 0) is 16.6 Å². The van der Waals surface area contributed by atoms with E-state index in [2.05, 4.69) is 20.0 Å². The molecule has 4 heterocycles.